The number of nitrogens with zero attached hydrogens (tertiary/aromatic N) is 3. The molecule has 0 spiro atoms. The van der Waals surface area contributed by atoms with Gasteiger partial charge in [-0.15, -0.1) is 11.3 Å². The minimum atomic E-state index is -0.0649. The van der Waals surface area contributed by atoms with E-state index in [0.29, 0.717) is 6.54 Å². The van der Waals surface area contributed by atoms with Crippen molar-refractivity contribution in [3.05, 3.63) is 65.4 Å². The fourth-order valence-corrected chi connectivity index (χ4v) is 3.05. The standard InChI is InChI=1S/C17H15N3OS/c1-20(17(21)10-9-13-6-4-5-11-18-13)12-16-19-14-7-2-3-8-15(14)22-16/h2-11H,12H2,1H3/b10-9+. The summed E-state index contributed by atoms with van der Waals surface area (Å²) in [5.41, 5.74) is 1.75. The molecule has 110 valence electrons. The van der Waals surface area contributed by atoms with Crippen LogP contribution in [0.5, 0.6) is 0 Å². The Morgan fingerprint density at radius 2 is 2.05 bits per heavy atom. The average molecular weight is 309 g/mol. The van der Waals surface area contributed by atoms with Gasteiger partial charge in [-0.1, -0.05) is 18.2 Å². The first-order valence-corrected chi connectivity index (χ1v) is 7.73. The number of aromatic nitrogens is 2. The molecule has 2 aromatic heterocycles. The highest BCUT2D eigenvalue weighted by molar-refractivity contribution is 7.18. The molecule has 3 aromatic rings. The summed E-state index contributed by atoms with van der Waals surface area (Å²) in [7, 11) is 1.77. The van der Waals surface area contributed by atoms with Crippen molar-refractivity contribution in [3.63, 3.8) is 0 Å². The van der Waals surface area contributed by atoms with Crippen molar-refractivity contribution in [1.29, 1.82) is 0 Å². The van der Waals surface area contributed by atoms with Gasteiger partial charge in [-0.25, -0.2) is 4.98 Å². The van der Waals surface area contributed by atoms with Crippen molar-refractivity contribution in [2.75, 3.05) is 7.05 Å². The molecular formula is C17H15N3OS. The van der Waals surface area contributed by atoms with E-state index in [-0.39, 0.29) is 5.91 Å². The Morgan fingerprint density at radius 1 is 1.23 bits per heavy atom. The molecule has 0 bridgehead atoms. The maximum atomic E-state index is 12.1. The van der Waals surface area contributed by atoms with Gasteiger partial charge in [0.05, 0.1) is 22.5 Å². The van der Waals surface area contributed by atoms with Crippen LogP contribution in [0.15, 0.2) is 54.7 Å². The number of likely N-dealkylation sites (N-methyl/N-ethyl adjacent to an activating group) is 1. The van der Waals surface area contributed by atoms with Crippen LogP contribution < -0.4 is 0 Å². The minimum absolute atomic E-state index is 0.0649. The van der Waals surface area contributed by atoms with E-state index in [1.54, 1.807) is 35.6 Å². The van der Waals surface area contributed by atoms with E-state index in [9.17, 15) is 4.79 Å². The van der Waals surface area contributed by atoms with E-state index >= 15 is 0 Å². The van der Waals surface area contributed by atoms with E-state index in [4.69, 9.17) is 0 Å². The Morgan fingerprint density at radius 3 is 2.82 bits per heavy atom. The quantitative estimate of drug-likeness (QED) is 0.694. The van der Waals surface area contributed by atoms with Crippen LogP contribution in [0, 0.1) is 0 Å². The average Bonchev–Trinajstić information content (AvgIpc) is 2.95. The highest BCUT2D eigenvalue weighted by atomic mass is 32.1. The predicted molar refractivity (Wildman–Crippen MR) is 89.4 cm³/mol. The van der Waals surface area contributed by atoms with Crippen LogP contribution in [-0.4, -0.2) is 27.8 Å². The molecule has 0 saturated carbocycles. The maximum absolute atomic E-state index is 12.1. The molecule has 5 heteroatoms. The number of fused-ring (bicyclic) bond motifs is 1. The Labute approximate surface area is 132 Å². The Kier molecular flexibility index (Phi) is 4.25. The molecule has 0 atom stereocenters. The number of amides is 1. The number of benzene rings is 1. The van der Waals surface area contributed by atoms with Crippen molar-refractivity contribution >= 4 is 33.5 Å². The highest BCUT2D eigenvalue weighted by Crippen LogP contribution is 2.22. The third-order valence-corrected chi connectivity index (χ3v) is 4.19. The summed E-state index contributed by atoms with van der Waals surface area (Å²) in [5, 5.41) is 0.934. The number of carbonyl (C=O) groups excluding carboxylic acids is 1. The summed E-state index contributed by atoms with van der Waals surface area (Å²) >= 11 is 1.62. The SMILES string of the molecule is CN(Cc1nc2ccccc2s1)C(=O)/C=C/c1ccccn1. The third-order valence-electron chi connectivity index (χ3n) is 3.17. The minimum Gasteiger partial charge on any atom is -0.335 e. The molecule has 0 unspecified atom stereocenters. The number of carbonyl (C=O) groups is 1. The number of rotatable bonds is 4. The van der Waals surface area contributed by atoms with E-state index in [2.05, 4.69) is 9.97 Å². The van der Waals surface area contributed by atoms with Crippen molar-refractivity contribution in [3.8, 4) is 0 Å². The van der Waals surface area contributed by atoms with Gasteiger partial charge >= 0.3 is 0 Å². The van der Waals surface area contributed by atoms with E-state index in [0.717, 1.165) is 20.9 Å². The smallest absolute Gasteiger partial charge is 0.246 e. The molecule has 2 heterocycles. The lowest BCUT2D eigenvalue weighted by atomic mass is 10.3. The summed E-state index contributed by atoms with van der Waals surface area (Å²) < 4.78 is 1.14. The van der Waals surface area contributed by atoms with Crippen molar-refractivity contribution < 1.29 is 4.79 Å². The largest absolute Gasteiger partial charge is 0.335 e. The molecule has 0 N–H and O–H groups in total. The fraction of sp³-hybridized carbons (Fsp3) is 0.118. The number of thiazole rings is 1. The van der Waals surface area contributed by atoms with Gasteiger partial charge in [0, 0.05) is 19.3 Å². The zero-order valence-corrected chi connectivity index (χ0v) is 13.0. The van der Waals surface area contributed by atoms with Gasteiger partial charge in [-0.3, -0.25) is 9.78 Å². The van der Waals surface area contributed by atoms with Crippen molar-refractivity contribution in [1.82, 2.24) is 14.9 Å². The number of pyridine rings is 1. The van der Waals surface area contributed by atoms with Gasteiger partial charge in [-0.05, 0) is 30.3 Å². The van der Waals surface area contributed by atoms with Gasteiger partial charge in [0.25, 0.3) is 0 Å². The molecule has 22 heavy (non-hydrogen) atoms. The Bertz CT molecular complexity index is 778. The Hall–Kier alpha value is -2.53. The van der Waals surface area contributed by atoms with Crippen LogP contribution in [0.3, 0.4) is 0 Å². The molecule has 0 aliphatic heterocycles. The van der Waals surface area contributed by atoms with Gasteiger partial charge in [0.2, 0.25) is 5.91 Å². The summed E-state index contributed by atoms with van der Waals surface area (Å²) in [6, 6.07) is 13.6. The van der Waals surface area contributed by atoms with Crippen LogP contribution in [0.4, 0.5) is 0 Å². The van der Waals surface area contributed by atoms with Crippen molar-refractivity contribution in [2.24, 2.45) is 0 Å². The van der Waals surface area contributed by atoms with Crippen LogP contribution in [0.2, 0.25) is 0 Å². The molecular weight excluding hydrogens is 294 g/mol. The lowest BCUT2D eigenvalue weighted by molar-refractivity contribution is -0.125. The number of hydrogen-bond donors (Lipinski definition) is 0. The first-order chi connectivity index (χ1) is 10.7. The normalized spacial score (nSPS) is 11.1. The molecule has 0 aliphatic carbocycles. The second kappa shape index (κ2) is 6.49. The monoisotopic (exact) mass is 309 g/mol. The predicted octanol–water partition coefficient (Wildman–Crippen LogP) is 3.36. The summed E-state index contributed by atoms with van der Waals surface area (Å²) in [6.45, 7) is 0.505. The highest BCUT2D eigenvalue weighted by Gasteiger charge is 2.09. The summed E-state index contributed by atoms with van der Waals surface area (Å²) in [4.78, 5) is 22.5. The second-order valence-corrected chi connectivity index (χ2v) is 5.97. The molecule has 3 rings (SSSR count). The van der Waals surface area contributed by atoms with Gasteiger partial charge < -0.3 is 4.90 Å². The third kappa shape index (κ3) is 3.38. The molecule has 0 saturated heterocycles. The summed E-state index contributed by atoms with van der Waals surface area (Å²) in [5.74, 6) is -0.0649. The van der Waals surface area contributed by atoms with Crippen LogP contribution in [0.25, 0.3) is 16.3 Å². The molecule has 0 fully saturated rings. The topological polar surface area (TPSA) is 46.1 Å². The van der Waals surface area contributed by atoms with E-state index < -0.39 is 0 Å². The molecule has 0 aliphatic rings. The second-order valence-electron chi connectivity index (χ2n) is 4.86. The van der Waals surface area contributed by atoms with E-state index in [1.165, 1.54) is 6.08 Å². The fourth-order valence-electron chi connectivity index (χ4n) is 2.03. The lowest BCUT2D eigenvalue weighted by Gasteiger charge is -2.12. The zero-order valence-electron chi connectivity index (χ0n) is 12.1. The zero-order chi connectivity index (χ0) is 15.4. The van der Waals surface area contributed by atoms with Crippen molar-refractivity contribution in [2.45, 2.75) is 6.54 Å². The van der Waals surface area contributed by atoms with E-state index in [1.807, 2.05) is 42.5 Å². The van der Waals surface area contributed by atoms with Crippen LogP contribution in [0.1, 0.15) is 10.7 Å². The first kappa shape index (κ1) is 14.4. The van der Waals surface area contributed by atoms with Gasteiger partial charge in [0.15, 0.2) is 0 Å². The molecule has 4 nitrogen and oxygen atoms in total. The number of para-hydroxylation sites is 1. The maximum Gasteiger partial charge on any atom is 0.246 e. The summed E-state index contributed by atoms with van der Waals surface area (Å²) in [6.07, 6.45) is 4.96. The molecule has 1 aromatic carbocycles. The Balaban J connectivity index is 1.67. The van der Waals surface area contributed by atoms with Crippen LogP contribution in [-0.2, 0) is 11.3 Å². The van der Waals surface area contributed by atoms with Gasteiger partial charge in [0.1, 0.15) is 5.01 Å². The number of hydrogen-bond acceptors (Lipinski definition) is 4. The van der Waals surface area contributed by atoms with Crippen LogP contribution >= 0.6 is 11.3 Å². The molecule has 0 radical (unpaired) electrons. The van der Waals surface area contributed by atoms with Gasteiger partial charge in [-0.2, -0.15) is 0 Å². The molecule has 1 amide bonds. The lowest BCUT2D eigenvalue weighted by Crippen LogP contribution is -2.23. The first-order valence-electron chi connectivity index (χ1n) is 6.91.